The van der Waals surface area contributed by atoms with Gasteiger partial charge in [0.15, 0.2) is 0 Å². The highest BCUT2D eigenvalue weighted by atomic mass is 35.5. The zero-order chi connectivity index (χ0) is 12.4. The third-order valence-corrected chi connectivity index (χ3v) is 2.77. The minimum atomic E-state index is -0.347. The Hall–Kier alpha value is -1.48. The summed E-state index contributed by atoms with van der Waals surface area (Å²) in [5.74, 6) is 0.347. The summed E-state index contributed by atoms with van der Waals surface area (Å²) in [6.45, 7) is 3.86. The van der Waals surface area contributed by atoms with E-state index in [9.17, 15) is 4.39 Å². The lowest BCUT2D eigenvalue weighted by atomic mass is 10.1. The molecule has 1 heterocycles. The molecule has 1 aromatic heterocycles. The summed E-state index contributed by atoms with van der Waals surface area (Å²) in [5.41, 5.74) is 2.42. The Morgan fingerprint density at radius 3 is 2.65 bits per heavy atom. The standard InChI is InChI=1S/C13H12ClFN2/c1-3-10-7-13(17-8(2)16-10)11-5-4-9(15)6-12(11)14/h4-7H,3H2,1-2H3. The second-order valence-corrected chi connectivity index (χ2v) is 4.18. The van der Waals surface area contributed by atoms with Crippen LogP contribution in [0.15, 0.2) is 24.3 Å². The van der Waals surface area contributed by atoms with Crippen molar-refractivity contribution < 1.29 is 4.39 Å². The predicted molar refractivity (Wildman–Crippen MR) is 66.6 cm³/mol. The highest BCUT2D eigenvalue weighted by molar-refractivity contribution is 6.33. The van der Waals surface area contributed by atoms with Crippen LogP contribution in [0.4, 0.5) is 4.39 Å². The fourth-order valence-corrected chi connectivity index (χ4v) is 1.91. The summed E-state index contributed by atoms with van der Waals surface area (Å²) >= 11 is 6.01. The zero-order valence-electron chi connectivity index (χ0n) is 9.67. The Morgan fingerprint density at radius 2 is 2.00 bits per heavy atom. The van der Waals surface area contributed by atoms with Gasteiger partial charge in [0.05, 0.1) is 10.7 Å². The van der Waals surface area contributed by atoms with E-state index in [-0.39, 0.29) is 5.82 Å². The van der Waals surface area contributed by atoms with E-state index < -0.39 is 0 Å². The molecule has 0 fully saturated rings. The summed E-state index contributed by atoms with van der Waals surface area (Å²) < 4.78 is 13.0. The van der Waals surface area contributed by atoms with E-state index in [4.69, 9.17) is 11.6 Å². The lowest BCUT2D eigenvalue weighted by Gasteiger charge is -2.06. The van der Waals surface area contributed by atoms with Crippen molar-refractivity contribution in [3.05, 3.63) is 46.6 Å². The lowest BCUT2D eigenvalue weighted by Crippen LogP contribution is -1.97. The van der Waals surface area contributed by atoms with E-state index in [0.717, 1.165) is 23.4 Å². The normalized spacial score (nSPS) is 10.6. The molecule has 0 amide bonds. The summed E-state index contributed by atoms with van der Waals surface area (Å²) in [7, 11) is 0. The van der Waals surface area contributed by atoms with Crippen molar-refractivity contribution in [1.29, 1.82) is 0 Å². The van der Waals surface area contributed by atoms with Crippen LogP contribution in [0.25, 0.3) is 11.3 Å². The van der Waals surface area contributed by atoms with Gasteiger partial charge in [-0.25, -0.2) is 14.4 Å². The molecule has 2 nitrogen and oxygen atoms in total. The van der Waals surface area contributed by atoms with Gasteiger partial charge in [0.2, 0.25) is 0 Å². The molecule has 0 spiro atoms. The molecule has 0 aliphatic carbocycles. The van der Waals surface area contributed by atoms with Gasteiger partial charge in [-0.1, -0.05) is 18.5 Å². The van der Waals surface area contributed by atoms with Crippen LogP contribution in [0.5, 0.6) is 0 Å². The van der Waals surface area contributed by atoms with E-state index in [1.165, 1.54) is 12.1 Å². The van der Waals surface area contributed by atoms with Crippen LogP contribution in [0.2, 0.25) is 5.02 Å². The van der Waals surface area contributed by atoms with Crippen LogP contribution < -0.4 is 0 Å². The largest absolute Gasteiger partial charge is 0.238 e. The Labute approximate surface area is 104 Å². The summed E-state index contributed by atoms with van der Waals surface area (Å²) in [6, 6.07) is 6.19. The highest BCUT2D eigenvalue weighted by Crippen LogP contribution is 2.27. The molecule has 4 heteroatoms. The van der Waals surface area contributed by atoms with Crippen molar-refractivity contribution >= 4 is 11.6 Å². The molecule has 0 aliphatic rings. The second-order valence-electron chi connectivity index (χ2n) is 3.77. The van der Waals surface area contributed by atoms with Gasteiger partial charge in [-0.3, -0.25) is 0 Å². The Balaban J connectivity index is 2.55. The van der Waals surface area contributed by atoms with E-state index in [2.05, 4.69) is 9.97 Å². The molecule has 0 atom stereocenters. The minimum Gasteiger partial charge on any atom is -0.238 e. The van der Waals surface area contributed by atoms with E-state index in [1.807, 2.05) is 19.9 Å². The monoisotopic (exact) mass is 250 g/mol. The Morgan fingerprint density at radius 1 is 1.24 bits per heavy atom. The quantitative estimate of drug-likeness (QED) is 0.810. The van der Waals surface area contributed by atoms with Crippen LogP contribution in [-0.2, 0) is 6.42 Å². The number of halogens is 2. The maximum absolute atomic E-state index is 13.0. The molecular formula is C13H12ClFN2. The van der Waals surface area contributed by atoms with Crippen molar-refractivity contribution in [1.82, 2.24) is 9.97 Å². The molecule has 17 heavy (non-hydrogen) atoms. The van der Waals surface area contributed by atoms with Crippen molar-refractivity contribution in [3.63, 3.8) is 0 Å². The molecule has 2 aromatic rings. The average Bonchev–Trinajstić information content (AvgIpc) is 2.28. The lowest BCUT2D eigenvalue weighted by molar-refractivity contribution is 0.628. The zero-order valence-corrected chi connectivity index (χ0v) is 10.4. The number of rotatable bonds is 2. The molecule has 0 N–H and O–H groups in total. The summed E-state index contributed by atoms with van der Waals surface area (Å²) in [4.78, 5) is 8.62. The molecule has 0 aliphatic heterocycles. The topological polar surface area (TPSA) is 25.8 Å². The van der Waals surface area contributed by atoms with E-state index in [0.29, 0.717) is 10.8 Å². The molecule has 88 valence electrons. The number of benzene rings is 1. The van der Waals surface area contributed by atoms with E-state index >= 15 is 0 Å². The van der Waals surface area contributed by atoms with Crippen molar-refractivity contribution in [2.24, 2.45) is 0 Å². The van der Waals surface area contributed by atoms with Gasteiger partial charge in [-0.15, -0.1) is 0 Å². The Kier molecular flexibility index (Phi) is 3.38. The second kappa shape index (κ2) is 4.80. The highest BCUT2D eigenvalue weighted by Gasteiger charge is 2.08. The SMILES string of the molecule is CCc1cc(-c2ccc(F)cc2Cl)nc(C)n1. The molecule has 2 rings (SSSR count). The summed E-state index contributed by atoms with van der Waals surface area (Å²) in [5, 5.41) is 0.366. The predicted octanol–water partition coefficient (Wildman–Crippen LogP) is 3.81. The van der Waals surface area contributed by atoms with Crippen LogP contribution >= 0.6 is 11.6 Å². The molecule has 0 radical (unpaired) electrons. The molecule has 0 unspecified atom stereocenters. The maximum atomic E-state index is 13.0. The van der Waals surface area contributed by atoms with Gasteiger partial charge < -0.3 is 0 Å². The number of aryl methyl sites for hydroxylation is 2. The van der Waals surface area contributed by atoms with Crippen LogP contribution in [0, 0.1) is 12.7 Å². The molecule has 0 saturated carbocycles. The fourth-order valence-electron chi connectivity index (χ4n) is 1.65. The maximum Gasteiger partial charge on any atom is 0.126 e. The number of aromatic nitrogens is 2. The minimum absolute atomic E-state index is 0.347. The van der Waals surface area contributed by atoms with Gasteiger partial charge in [-0.2, -0.15) is 0 Å². The molecule has 0 saturated heterocycles. The van der Waals surface area contributed by atoms with Crippen molar-refractivity contribution in [2.75, 3.05) is 0 Å². The van der Waals surface area contributed by atoms with Gasteiger partial charge in [0.1, 0.15) is 11.6 Å². The molecule has 1 aromatic carbocycles. The first-order valence-electron chi connectivity index (χ1n) is 5.40. The number of hydrogen-bond acceptors (Lipinski definition) is 2. The Bertz CT molecular complexity index is 555. The first kappa shape index (κ1) is 12.0. The van der Waals surface area contributed by atoms with Gasteiger partial charge in [-0.05, 0) is 37.6 Å². The van der Waals surface area contributed by atoms with Gasteiger partial charge >= 0.3 is 0 Å². The third-order valence-electron chi connectivity index (χ3n) is 2.46. The third kappa shape index (κ3) is 2.61. The smallest absolute Gasteiger partial charge is 0.126 e. The molecular weight excluding hydrogens is 239 g/mol. The molecule has 0 bridgehead atoms. The van der Waals surface area contributed by atoms with Crippen molar-refractivity contribution in [3.8, 4) is 11.3 Å². The van der Waals surface area contributed by atoms with Crippen LogP contribution in [-0.4, -0.2) is 9.97 Å². The summed E-state index contributed by atoms with van der Waals surface area (Å²) in [6.07, 6.45) is 0.829. The van der Waals surface area contributed by atoms with Crippen molar-refractivity contribution in [2.45, 2.75) is 20.3 Å². The first-order chi connectivity index (χ1) is 8.10. The number of hydrogen-bond donors (Lipinski definition) is 0. The first-order valence-corrected chi connectivity index (χ1v) is 5.78. The van der Waals surface area contributed by atoms with Gasteiger partial charge in [0, 0.05) is 11.3 Å². The van der Waals surface area contributed by atoms with Crippen LogP contribution in [0.1, 0.15) is 18.4 Å². The van der Waals surface area contributed by atoms with E-state index in [1.54, 1.807) is 6.07 Å². The van der Waals surface area contributed by atoms with Gasteiger partial charge in [0.25, 0.3) is 0 Å². The average molecular weight is 251 g/mol. The fraction of sp³-hybridized carbons (Fsp3) is 0.231. The number of nitrogens with zero attached hydrogens (tertiary/aromatic N) is 2. The van der Waals surface area contributed by atoms with Crippen LogP contribution in [0.3, 0.4) is 0 Å².